The van der Waals surface area contributed by atoms with Crippen LogP contribution in [0.15, 0.2) is 17.2 Å². The number of aryl methyl sites for hydroxylation is 1. The predicted octanol–water partition coefficient (Wildman–Crippen LogP) is -0.825. The Bertz CT molecular complexity index is 381. The number of nitrogens with zero attached hydrogens (tertiary/aromatic N) is 3. The highest BCUT2D eigenvalue weighted by Gasteiger charge is 2.28. The van der Waals surface area contributed by atoms with Crippen LogP contribution in [0.4, 0.5) is 5.82 Å². The Balaban J connectivity index is 2.19. The summed E-state index contributed by atoms with van der Waals surface area (Å²) in [6.07, 6.45) is 3.30. The van der Waals surface area contributed by atoms with Gasteiger partial charge >= 0.3 is 0 Å². The van der Waals surface area contributed by atoms with E-state index < -0.39 is 0 Å². The summed E-state index contributed by atoms with van der Waals surface area (Å²) in [5.41, 5.74) is 5.47. The summed E-state index contributed by atoms with van der Waals surface area (Å²) in [6.45, 7) is 2.38. The zero-order chi connectivity index (χ0) is 10.1. The molecule has 0 radical (unpaired) electrons. The average molecular weight is 194 g/mol. The highest BCUT2D eigenvalue weighted by Crippen LogP contribution is 2.18. The molecule has 2 heterocycles. The van der Waals surface area contributed by atoms with Crippen molar-refractivity contribution in [3.63, 3.8) is 0 Å². The van der Waals surface area contributed by atoms with E-state index in [4.69, 9.17) is 5.73 Å². The number of aromatic nitrogens is 2. The Morgan fingerprint density at radius 3 is 3.00 bits per heavy atom. The van der Waals surface area contributed by atoms with Gasteiger partial charge in [-0.1, -0.05) is 0 Å². The minimum absolute atomic E-state index is 0.0389. The lowest BCUT2D eigenvalue weighted by molar-refractivity contribution is 0.414. The number of anilines is 1. The Morgan fingerprint density at radius 1 is 1.64 bits per heavy atom. The Kier molecular flexibility index (Phi) is 2.25. The fraction of sp³-hybridized carbons (Fsp3) is 0.556. The topological polar surface area (TPSA) is 64.2 Å². The second kappa shape index (κ2) is 3.42. The normalized spacial score (nSPS) is 16.9. The van der Waals surface area contributed by atoms with Crippen LogP contribution in [0.2, 0.25) is 0 Å². The van der Waals surface area contributed by atoms with Gasteiger partial charge in [-0.2, -0.15) is 0 Å². The van der Waals surface area contributed by atoms with Gasteiger partial charge in [0.05, 0.1) is 0 Å². The molecule has 0 aliphatic carbocycles. The van der Waals surface area contributed by atoms with E-state index in [1.54, 1.807) is 19.4 Å². The van der Waals surface area contributed by atoms with E-state index in [1.165, 1.54) is 4.57 Å². The second-order valence-corrected chi connectivity index (χ2v) is 3.67. The molecule has 76 valence electrons. The molecular formula is C9H14N4O. The van der Waals surface area contributed by atoms with Crippen molar-refractivity contribution in [2.75, 3.05) is 24.5 Å². The summed E-state index contributed by atoms with van der Waals surface area (Å²) >= 11 is 0. The Labute approximate surface area is 82.2 Å². The lowest BCUT2D eigenvalue weighted by atomic mass is 10.0. The number of hydrogen-bond donors (Lipinski definition) is 1. The molecule has 5 heteroatoms. The minimum atomic E-state index is -0.0389. The lowest BCUT2D eigenvalue weighted by Crippen LogP contribution is -2.52. The third-order valence-electron chi connectivity index (χ3n) is 2.59. The van der Waals surface area contributed by atoms with Gasteiger partial charge in [-0.3, -0.25) is 4.79 Å². The van der Waals surface area contributed by atoms with Crippen molar-refractivity contribution in [2.24, 2.45) is 18.7 Å². The molecule has 2 N–H and O–H groups in total. The molecule has 1 aromatic rings. The second-order valence-electron chi connectivity index (χ2n) is 3.67. The molecule has 14 heavy (non-hydrogen) atoms. The monoisotopic (exact) mass is 194 g/mol. The number of nitrogens with two attached hydrogens (primary N) is 1. The van der Waals surface area contributed by atoms with Gasteiger partial charge in [-0.05, 0) is 6.54 Å². The molecule has 0 saturated carbocycles. The van der Waals surface area contributed by atoms with Gasteiger partial charge in [0.1, 0.15) is 0 Å². The maximum Gasteiger partial charge on any atom is 0.293 e. The zero-order valence-electron chi connectivity index (χ0n) is 8.18. The Morgan fingerprint density at radius 2 is 2.36 bits per heavy atom. The van der Waals surface area contributed by atoms with Crippen LogP contribution in [0.3, 0.4) is 0 Å². The molecule has 0 atom stereocenters. The first-order valence-electron chi connectivity index (χ1n) is 4.69. The van der Waals surface area contributed by atoms with Crippen LogP contribution in [0.1, 0.15) is 0 Å². The van der Waals surface area contributed by atoms with Gasteiger partial charge in [-0.15, -0.1) is 0 Å². The smallest absolute Gasteiger partial charge is 0.293 e. The van der Waals surface area contributed by atoms with E-state index >= 15 is 0 Å². The quantitative estimate of drug-likeness (QED) is 0.667. The first-order chi connectivity index (χ1) is 6.72. The molecule has 2 rings (SSSR count). The molecule has 0 unspecified atom stereocenters. The van der Waals surface area contributed by atoms with E-state index in [0.717, 1.165) is 13.1 Å². The summed E-state index contributed by atoms with van der Waals surface area (Å²) in [5, 5.41) is 0. The average Bonchev–Trinajstić information content (AvgIpc) is 2.10. The van der Waals surface area contributed by atoms with Crippen LogP contribution in [0, 0.1) is 5.92 Å². The summed E-state index contributed by atoms with van der Waals surface area (Å²) in [4.78, 5) is 17.7. The van der Waals surface area contributed by atoms with Gasteiger partial charge in [-0.25, -0.2) is 4.98 Å². The summed E-state index contributed by atoms with van der Waals surface area (Å²) in [5.74, 6) is 1.06. The third-order valence-corrected chi connectivity index (χ3v) is 2.59. The molecular weight excluding hydrogens is 180 g/mol. The van der Waals surface area contributed by atoms with E-state index in [-0.39, 0.29) is 5.56 Å². The van der Waals surface area contributed by atoms with Crippen LogP contribution in [-0.4, -0.2) is 29.2 Å². The molecule has 0 spiro atoms. The Hall–Kier alpha value is -1.36. The van der Waals surface area contributed by atoms with E-state index in [2.05, 4.69) is 4.98 Å². The summed E-state index contributed by atoms with van der Waals surface area (Å²) < 4.78 is 1.54. The molecule has 1 saturated heterocycles. The van der Waals surface area contributed by atoms with Crippen molar-refractivity contribution >= 4 is 5.82 Å². The largest absolute Gasteiger partial charge is 0.351 e. The first kappa shape index (κ1) is 9.21. The zero-order valence-corrected chi connectivity index (χ0v) is 8.18. The van der Waals surface area contributed by atoms with Crippen molar-refractivity contribution in [1.29, 1.82) is 0 Å². The number of hydrogen-bond acceptors (Lipinski definition) is 4. The van der Waals surface area contributed by atoms with Crippen molar-refractivity contribution < 1.29 is 0 Å². The molecule has 0 aromatic carbocycles. The van der Waals surface area contributed by atoms with Gasteiger partial charge in [0, 0.05) is 38.4 Å². The van der Waals surface area contributed by atoms with Crippen LogP contribution in [0.5, 0.6) is 0 Å². The predicted molar refractivity (Wildman–Crippen MR) is 54.2 cm³/mol. The molecule has 0 bridgehead atoms. The fourth-order valence-corrected chi connectivity index (χ4v) is 1.59. The maximum absolute atomic E-state index is 11.6. The molecule has 1 aliphatic rings. The molecule has 5 nitrogen and oxygen atoms in total. The summed E-state index contributed by atoms with van der Waals surface area (Å²) in [6, 6.07) is 0. The van der Waals surface area contributed by atoms with E-state index in [1.807, 2.05) is 4.90 Å². The molecule has 0 amide bonds. The number of rotatable bonds is 2. The van der Waals surface area contributed by atoms with Gasteiger partial charge in [0.15, 0.2) is 5.82 Å². The SMILES string of the molecule is Cn1ccnc(N2CC(CN)C2)c1=O. The fourth-order valence-electron chi connectivity index (χ4n) is 1.59. The molecule has 1 fully saturated rings. The molecule has 1 aliphatic heterocycles. The van der Waals surface area contributed by atoms with Crippen LogP contribution < -0.4 is 16.2 Å². The van der Waals surface area contributed by atoms with E-state index in [9.17, 15) is 4.79 Å². The van der Waals surface area contributed by atoms with Crippen LogP contribution >= 0.6 is 0 Å². The summed E-state index contributed by atoms with van der Waals surface area (Å²) in [7, 11) is 1.73. The highest BCUT2D eigenvalue weighted by molar-refractivity contribution is 5.39. The standard InChI is InChI=1S/C9H14N4O/c1-12-3-2-11-8(9(12)14)13-5-7(4-10)6-13/h2-3,7H,4-6,10H2,1H3. The van der Waals surface area contributed by atoms with Gasteiger partial charge in [0.25, 0.3) is 5.56 Å². The molecule has 1 aromatic heterocycles. The maximum atomic E-state index is 11.6. The van der Waals surface area contributed by atoms with Gasteiger partial charge < -0.3 is 15.2 Å². The minimum Gasteiger partial charge on any atom is -0.351 e. The van der Waals surface area contributed by atoms with Crippen molar-refractivity contribution in [3.8, 4) is 0 Å². The van der Waals surface area contributed by atoms with Crippen molar-refractivity contribution in [3.05, 3.63) is 22.7 Å². The van der Waals surface area contributed by atoms with Gasteiger partial charge in [0.2, 0.25) is 0 Å². The first-order valence-corrected chi connectivity index (χ1v) is 4.69. The lowest BCUT2D eigenvalue weighted by Gasteiger charge is -2.38. The van der Waals surface area contributed by atoms with Crippen LogP contribution in [0.25, 0.3) is 0 Å². The van der Waals surface area contributed by atoms with E-state index in [0.29, 0.717) is 18.3 Å². The third kappa shape index (κ3) is 1.39. The van der Waals surface area contributed by atoms with Crippen LogP contribution in [-0.2, 0) is 7.05 Å². The van der Waals surface area contributed by atoms with Crippen molar-refractivity contribution in [1.82, 2.24) is 9.55 Å². The van der Waals surface area contributed by atoms with Crippen molar-refractivity contribution in [2.45, 2.75) is 0 Å². The highest BCUT2D eigenvalue weighted by atomic mass is 16.1.